The molecule has 21 heavy (non-hydrogen) atoms. The molecule has 0 bridgehead atoms. The SMILES string of the molecule is CC(O)C(NC(=O)NCc1nnc(CC(=O)O)o1)C(=O)O. The van der Waals surface area contributed by atoms with Crippen molar-refractivity contribution in [3.63, 3.8) is 0 Å². The zero-order chi connectivity index (χ0) is 16.0. The zero-order valence-corrected chi connectivity index (χ0v) is 10.9. The van der Waals surface area contributed by atoms with Crippen LogP contribution in [-0.4, -0.2) is 55.6 Å². The minimum Gasteiger partial charge on any atom is -0.481 e. The number of urea groups is 1. The maximum absolute atomic E-state index is 11.4. The first-order chi connectivity index (χ1) is 9.79. The quantitative estimate of drug-likeness (QED) is 0.394. The number of aliphatic hydroxyl groups excluding tert-OH is 1. The van der Waals surface area contributed by atoms with Gasteiger partial charge in [0.1, 0.15) is 6.42 Å². The van der Waals surface area contributed by atoms with Gasteiger partial charge in [0.05, 0.1) is 12.6 Å². The smallest absolute Gasteiger partial charge is 0.328 e. The highest BCUT2D eigenvalue weighted by Gasteiger charge is 2.24. The van der Waals surface area contributed by atoms with Crippen LogP contribution in [0.3, 0.4) is 0 Å². The average molecular weight is 302 g/mol. The molecule has 1 aromatic rings. The van der Waals surface area contributed by atoms with Crippen LogP contribution in [0.2, 0.25) is 0 Å². The maximum atomic E-state index is 11.4. The van der Waals surface area contributed by atoms with E-state index in [2.05, 4.69) is 15.5 Å². The Morgan fingerprint density at radius 3 is 2.38 bits per heavy atom. The number of nitrogens with one attached hydrogen (secondary N) is 2. The van der Waals surface area contributed by atoms with Crippen molar-refractivity contribution in [2.75, 3.05) is 0 Å². The van der Waals surface area contributed by atoms with E-state index < -0.39 is 36.5 Å². The molecular weight excluding hydrogens is 288 g/mol. The van der Waals surface area contributed by atoms with Crippen LogP contribution in [0.15, 0.2) is 4.42 Å². The monoisotopic (exact) mass is 302 g/mol. The molecule has 0 aliphatic carbocycles. The normalized spacial score (nSPS) is 13.2. The number of aliphatic carboxylic acids is 2. The molecule has 1 rings (SSSR count). The van der Waals surface area contributed by atoms with E-state index in [9.17, 15) is 19.5 Å². The summed E-state index contributed by atoms with van der Waals surface area (Å²) in [6.07, 6.45) is -1.72. The van der Waals surface area contributed by atoms with Gasteiger partial charge in [0, 0.05) is 0 Å². The van der Waals surface area contributed by atoms with Crippen molar-refractivity contribution in [3.8, 4) is 0 Å². The first-order valence-corrected chi connectivity index (χ1v) is 5.78. The van der Waals surface area contributed by atoms with Crippen molar-refractivity contribution < 1.29 is 34.1 Å². The number of carboxylic acids is 2. The molecule has 5 N–H and O–H groups in total. The van der Waals surface area contributed by atoms with Crippen LogP contribution in [0, 0.1) is 0 Å². The van der Waals surface area contributed by atoms with Gasteiger partial charge in [0.2, 0.25) is 11.8 Å². The molecule has 0 aliphatic heterocycles. The number of aliphatic hydroxyl groups is 1. The summed E-state index contributed by atoms with van der Waals surface area (Å²) in [7, 11) is 0. The lowest BCUT2D eigenvalue weighted by Gasteiger charge is -2.16. The van der Waals surface area contributed by atoms with Crippen molar-refractivity contribution in [1.82, 2.24) is 20.8 Å². The molecule has 1 aromatic heterocycles. The topological polar surface area (TPSA) is 175 Å². The highest BCUT2D eigenvalue weighted by molar-refractivity contribution is 5.82. The second-order valence-corrected chi connectivity index (χ2v) is 4.04. The van der Waals surface area contributed by atoms with Crippen molar-refractivity contribution in [2.45, 2.75) is 32.0 Å². The summed E-state index contributed by atoms with van der Waals surface area (Å²) in [6.45, 7) is 1.000. The maximum Gasteiger partial charge on any atom is 0.328 e. The molecule has 116 valence electrons. The second-order valence-electron chi connectivity index (χ2n) is 4.04. The van der Waals surface area contributed by atoms with E-state index in [0.717, 1.165) is 0 Å². The molecule has 0 aliphatic rings. The van der Waals surface area contributed by atoms with Crippen LogP contribution in [-0.2, 0) is 22.6 Å². The fraction of sp³-hybridized carbons (Fsp3) is 0.500. The number of rotatable bonds is 7. The van der Waals surface area contributed by atoms with Gasteiger partial charge in [-0.15, -0.1) is 10.2 Å². The molecule has 2 atom stereocenters. The van der Waals surface area contributed by atoms with Crippen molar-refractivity contribution >= 4 is 18.0 Å². The molecule has 1 heterocycles. The summed E-state index contributed by atoms with van der Waals surface area (Å²) in [5.74, 6) is -2.68. The van der Waals surface area contributed by atoms with Crippen LogP contribution in [0.4, 0.5) is 4.79 Å². The lowest BCUT2D eigenvalue weighted by Crippen LogP contribution is -2.51. The number of carboxylic acid groups (broad SMARTS) is 2. The highest BCUT2D eigenvalue weighted by Crippen LogP contribution is 2.00. The predicted octanol–water partition coefficient (Wildman–Crippen LogP) is -1.67. The van der Waals surface area contributed by atoms with Crippen LogP contribution in [0.1, 0.15) is 18.7 Å². The predicted molar refractivity (Wildman–Crippen MR) is 64.1 cm³/mol. The summed E-state index contributed by atoms with van der Waals surface area (Å²) in [5, 5.41) is 37.7. The zero-order valence-electron chi connectivity index (χ0n) is 10.9. The number of carbonyl (C=O) groups is 3. The fourth-order valence-electron chi connectivity index (χ4n) is 1.30. The third-order valence-corrected chi connectivity index (χ3v) is 2.25. The van der Waals surface area contributed by atoms with Gasteiger partial charge < -0.3 is 30.4 Å². The number of nitrogens with zero attached hydrogens (tertiary/aromatic N) is 2. The van der Waals surface area contributed by atoms with Gasteiger partial charge in [-0.3, -0.25) is 4.79 Å². The van der Waals surface area contributed by atoms with Crippen LogP contribution in [0.5, 0.6) is 0 Å². The molecule has 2 unspecified atom stereocenters. The molecule has 0 saturated carbocycles. The highest BCUT2D eigenvalue weighted by atomic mass is 16.4. The van der Waals surface area contributed by atoms with Crippen LogP contribution < -0.4 is 10.6 Å². The standard InChI is InChI=1S/C10H14N4O7/c1-4(15)8(9(18)19)12-10(20)11-3-6-14-13-5(21-6)2-7(16)17/h4,8,15H,2-3H2,1H3,(H,16,17)(H,18,19)(H2,11,12,20). The Balaban J connectivity index is 2.47. The molecule has 11 nitrogen and oxygen atoms in total. The van der Waals surface area contributed by atoms with E-state index in [-0.39, 0.29) is 18.3 Å². The lowest BCUT2D eigenvalue weighted by molar-refractivity contribution is -0.141. The largest absolute Gasteiger partial charge is 0.481 e. The van der Waals surface area contributed by atoms with E-state index >= 15 is 0 Å². The Morgan fingerprint density at radius 1 is 1.24 bits per heavy atom. The molecule has 0 spiro atoms. The second kappa shape index (κ2) is 7.19. The van der Waals surface area contributed by atoms with E-state index in [1.807, 2.05) is 5.32 Å². The van der Waals surface area contributed by atoms with Gasteiger partial charge in [-0.25, -0.2) is 9.59 Å². The molecule has 0 aromatic carbocycles. The number of carbonyl (C=O) groups excluding carboxylic acids is 1. The van der Waals surface area contributed by atoms with Crippen LogP contribution in [0.25, 0.3) is 0 Å². The van der Waals surface area contributed by atoms with Gasteiger partial charge >= 0.3 is 18.0 Å². The third-order valence-electron chi connectivity index (χ3n) is 2.25. The summed E-state index contributed by atoms with van der Waals surface area (Å²) in [5.41, 5.74) is 0. The Labute approximate surface area is 118 Å². The number of aromatic nitrogens is 2. The minimum absolute atomic E-state index is 0.0367. The van der Waals surface area contributed by atoms with Crippen molar-refractivity contribution in [2.24, 2.45) is 0 Å². The summed E-state index contributed by atoms with van der Waals surface area (Å²) >= 11 is 0. The van der Waals surface area contributed by atoms with Gasteiger partial charge in [0.25, 0.3) is 0 Å². The molecular formula is C10H14N4O7. The Morgan fingerprint density at radius 2 is 1.86 bits per heavy atom. The van der Waals surface area contributed by atoms with Gasteiger partial charge in [-0.2, -0.15) is 0 Å². The molecule has 11 heteroatoms. The van der Waals surface area contributed by atoms with Crippen molar-refractivity contribution in [3.05, 3.63) is 11.8 Å². The van der Waals surface area contributed by atoms with E-state index in [1.54, 1.807) is 0 Å². The first kappa shape index (κ1) is 16.4. The van der Waals surface area contributed by atoms with Gasteiger partial charge in [-0.1, -0.05) is 0 Å². The van der Waals surface area contributed by atoms with E-state index in [4.69, 9.17) is 14.6 Å². The van der Waals surface area contributed by atoms with Crippen molar-refractivity contribution in [1.29, 1.82) is 0 Å². The average Bonchev–Trinajstić information content (AvgIpc) is 2.79. The number of hydrogen-bond donors (Lipinski definition) is 5. The number of amides is 2. The Hall–Kier alpha value is -2.69. The van der Waals surface area contributed by atoms with E-state index in [0.29, 0.717) is 0 Å². The fourth-order valence-corrected chi connectivity index (χ4v) is 1.30. The summed E-state index contributed by atoms with van der Waals surface area (Å²) < 4.78 is 4.93. The summed E-state index contributed by atoms with van der Waals surface area (Å²) in [6, 6.07) is -2.32. The third kappa shape index (κ3) is 5.44. The lowest BCUT2D eigenvalue weighted by atomic mass is 10.2. The van der Waals surface area contributed by atoms with Gasteiger partial charge in [0.15, 0.2) is 6.04 Å². The number of hydrogen-bond acceptors (Lipinski definition) is 7. The Bertz CT molecular complexity index is 527. The van der Waals surface area contributed by atoms with E-state index in [1.165, 1.54) is 6.92 Å². The molecule has 0 fully saturated rings. The molecule has 2 amide bonds. The molecule has 0 radical (unpaired) electrons. The Kier molecular flexibility index (Phi) is 5.60. The summed E-state index contributed by atoms with van der Waals surface area (Å²) in [4.78, 5) is 32.6. The van der Waals surface area contributed by atoms with Gasteiger partial charge in [-0.05, 0) is 6.92 Å². The molecule has 0 saturated heterocycles. The van der Waals surface area contributed by atoms with Crippen LogP contribution >= 0.6 is 0 Å². The first-order valence-electron chi connectivity index (χ1n) is 5.78. The minimum atomic E-state index is -1.46.